The Morgan fingerprint density at radius 3 is 2.67 bits per heavy atom. The number of hydrogen-bond acceptors (Lipinski definition) is 8. The molecule has 1 amide bonds. The van der Waals surface area contributed by atoms with Gasteiger partial charge in [-0.3, -0.25) is 4.79 Å². The van der Waals surface area contributed by atoms with E-state index in [0.717, 1.165) is 49.8 Å². The topological polar surface area (TPSA) is 123 Å². The van der Waals surface area contributed by atoms with Gasteiger partial charge in [0.2, 0.25) is 5.91 Å². The summed E-state index contributed by atoms with van der Waals surface area (Å²) in [5, 5.41) is 21.1. The van der Waals surface area contributed by atoms with Crippen LogP contribution in [0, 0.1) is 11.3 Å². The fourth-order valence-corrected chi connectivity index (χ4v) is 5.52. The number of cyclic esters (lactones) is 1. The largest absolute Gasteiger partial charge is 0.456 e. The molecule has 2 aromatic heterocycles. The van der Waals surface area contributed by atoms with Crippen LogP contribution in [0.2, 0.25) is 0 Å². The van der Waals surface area contributed by atoms with Crippen LogP contribution in [0.1, 0.15) is 56.9 Å². The molecule has 1 aliphatic carbocycles. The number of carbonyl (C=O) groups excluding carboxylic acids is 2. The first kappa shape index (κ1) is 21.7. The van der Waals surface area contributed by atoms with E-state index in [2.05, 4.69) is 20.5 Å². The molecule has 0 radical (unpaired) electrons. The van der Waals surface area contributed by atoms with Crippen molar-refractivity contribution in [1.29, 1.82) is 0 Å². The average molecular weight is 453 g/mol. The Hall–Kier alpha value is -3.14. The van der Waals surface area contributed by atoms with Crippen LogP contribution in [0.25, 0.3) is 5.82 Å². The number of tetrazole rings is 1. The van der Waals surface area contributed by atoms with Crippen molar-refractivity contribution in [1.82, 2.24) is 30.1 Å². The molecule has 2 aliphatic heterocycles. The van der Waals surface area contributed by atoms with Crippen molar-refractivity contribution in [3.8, 4) is 5.82 Å². The molecule has 4 heterocycles. The number of likely N-dealkylation sites (tertiary alicyclic amines) is 1. The molecule has 2 aromatic rings. The predicted octanol–water partition coefficient (Wildman–Crippen LogP) is 1.76. The van der Waals surface area contributed by atoms with Gasteiger partial charge in [-0.15, -0.1) is 5.10 Å². The molecule has 33 heavy (non-hydrogen) atoms. The number of aromatic nitrogens is 5. The quantitative estimate of drug-likeness (QED) is 0.658. The highest BCUT2D eigenvalue weighted by molar-refractivity contribution is 5.94. The second kappa shape index (κ2) is 8.66. The molecule has 3 aliphatic rings. The second-order valence-electron chi connectivity index (χ2n) is 9.40. The number of pyridine rings is 1. The normalized spacial score (nSPS) is 26.4. The summed E-state index contributed by atoms with van der Waals surface area (Å²) in [6, 6.07) is 3.82. The third-order valence-corrected chi connectivity index (χ3v) is 7.64. The van der Waals surface area contributed by atoms with Gasteiger partial charge in [0, 0.05) is 25.3 Å². The summed E-state index contributed by atoms with van der Waals surface area (Å²) in [7, 11) is 0. The minimum atomic E-state index is -0.321. The first-order valence-corrected chi connectivity index (χ1v) is 11.5. The van der Waals surface area contributed by atoms with E-state index in [-0.39, 0.29) is 36.4 Å². The van der Waals surface area contributed by atoms with Crippen molar-refractivity contribution in [2.45, 2.75) is 51.4 Å². The van der Waals surface area contributed by atoms with Gasteiger partial charge in [0.25, 0.3) is 0 Å². The third kappa shape index (κ3) is 3.92. The molecular weight excluding hydrogens is 424 g/mol. The van der Waals surface area contributed by atoms with Crippen molar-refractivity contribution in [3.63, 3.8) is 0 Å². The van der Waals surface area contributed by atoms with Crippen LogP contribution in [0.5, 0.6) is 0 Å². The molecule has 5 rings (SSSR count). The molecular formula is C23H28N6O4. The number of esters is 1. The van der Waals surface area contributed by atoms with E-state index in [4.69, 9.17) is 4.74 Å². The van der Waals surface area contributed by atoms with Gasteiger partial charge in [-0.1, -0.05) is 6.07 Å². The molecule has 1 saturated carbocycles. The molecule has 10 heteroatoms. The highest BCUT2D eigenvalue weighted by atomic mass is 16.5. The number of rotatable bonds is 6. The number of amides is 1. The van der Waals surface area contributed by atoms with Crippen LogP contribution >= 0.6 is 0 Å². The summed E-state index contributed by atoms with van der Waals surface area (Å²) < 4.78 is 6.60. The second-order valence-corrected chi connectivity index (χ2v) is 9.40. The Labute approximate surface area is 191 Å². The average Bonchev–Trinajstić information content (AvgIpc) is 3.56. The summed E-state index contributed by atoms with van der Waals surface area (Å²) >= 11 is 0. The number of aliphatic hydroxyl groups excluding tert-OH is 1. The van der Waals surface area contributed by atoms with Crippen LogP contribution in [0.4, 0.5) is 0 Å². The Bertz CT molecular complexity index is 1060. The lowest BCUT2D eigenvalue weighted by atomic mass is 9.67. The first-order chi connectivity index (χ1) is 16.0. The van der Waals surface area contributed by atoms with E-state index in [1.54, 1.807) is 18.0 Å². The third-order valence-electron chi connectivity index (χ3n) is 7.64. The number of aliphatic hydroxyl groups is 1. The van der Waals surface area contributed by atoms with Gasteiger partial charge in [-0.2, -0.15) is 4.68 Å². The summed E-state index contributed by atoms with van der Waals surface area (Å²) in [5.41, 5.74) is 1.96. The van der Waals surface area contributed by atoms with Gasteiger partial charge in [0.1, 0.15) is 12.9 Å². The van der Waals surface area contributed by atoms with Crippen molar-refractivity contribution in [3.05, 3.63) is 41.5 Å². The maximum absolute atomic E-state index is 13.3. The Morgan fingerprint density at radius 1 is 1.24 bits per heavy atom. The smallest absolute Gasteiger partial charge is 0.336 e. The van der Waals surface area contributed by atoms with Gasteiger partial charge in [-0.05, 0) is 73.4 Å². The number of carbonyl (C=O) groups is 2. The predicted molar refractivity (Wildman–Crippen MR) is 116 cm³/mol. The lowest BCUT2D eigenvalue weighted by Crippen LogP contribution is -2.37. The zero-order chi connectivity index (χ0) is 23.0. The maximum atomic E-state index is 13.3. The van der Waals surface area contributed by atoms with Crippen LogP contribution in [-0.4, -0.2) is 66.8 Å². The van der Waals surface area contributed by atoms with E-state index in [1.807, 2.05) is 12.1 Å². The number of nitrogens with zero attached hydrogens (tertiary/aromatic N) is 6. The number of hydrogen-bond donors (Lipinski definition) is 1. The molecule has 10 nitrogen and oxygen atoms in total. The minimum Gasteiger partial charge on any atom is -0.456 e. The van der Waals surface area contributed by atoms with Gasteiger partial charge < -0.3 is 14.7 Å². The molecule has 1 N–H and O–H groups in total. The van der Waals surface area contributed by atoms with E-state index >= 15 is 0 Å². The van der Waals surface area contributed by atoms with Gasteiger partial charge in [0.15, 0.2) is 5.82 Å². The monoisotopic (exact) mass is 452 g/mol. The lowest BCUT2D eigenvalue weighted by molar-refractivity contribution is -0.138. The molecule has 1 saturated heterocycles. The summed E-state index contributed by atoms with van der Waals surface area (Å²) in [6.07, 6.45) is 8.58. The van der Waals surface area contributed by atoms with Gasteiger partial charge in [0.05, 0.1) is 16.7 Å². The molecule has 0 aromatic carbocycles. The molecule has 0 unspecified atom stereocenters. The zero-order valence-corrected chi connectivity index (χ0v) is 18.7. The van der Waals surface area contributed by atoms with E-state index in [1.165, 1.54) is 11.0 Å². The van der Waals surface area contributed by atoms with Crippen molar-refractivity contribution in [2.24, 2.45) is 11.3 Å². The van der Waals surface area contributed by atoms with Crippen molar-refractivity contribution >= 4 is 11.9 Å². The lowest BCUT2D eigenvalue weighted by Gasteiger charge is -2.37. The van der Waals surface area contributed by atoms with Crippen LogP contribution in [-0.2, 0) is 14.3 Å². The van der Waals surface area contributed by atoms with Crippen LogP contribution in [0.15, 0.2) is 35.9 Å². The van der Waals surface area contributed by atoms with E-state index < -0.39 is 0 Å². The molecule has 174 valence electrons. The summed E-state index contributed by atoms with van der Waals surface area (Å²) in [6.45, 7) is 2.65. The summed E-state index contributed by atoms with van der Waals surface area (Å²) in [4.78, 5) is 31.3. The van der Waals surface area contributed by atoms with Crippen molar-refractivity contribution < 1.29 is 19.4 Å². The van der Waals surface area contributed by atoms with Crippen LogP contribution in [0.3, 0.4) is 0 Å². The van der Waals surface area contributed by atoms with E-state index in [9.17, 15) is 14.7 Å². The fraction of sp³-hybridized carbons (Fsp3) is 0.565. The number of ether oxygens (including phenoxy) is 1. The molecule has 0 bridgehead atoms. The Balaban J connectivity index is 1.20. The minimum absolute atomic E-state index is 0.00436. The first-order valence-electron chi connectivity index (χ1n) is 11.5. The SMILES string of the molecule is CC1=C(N2CCC3(CCC(C[C@H](CO)c4ccc(-n5cnnn5)nc4)CC3)C2=O)COC1=O. The summed E-state index contributed by atoms with van der Waals surface area (Å²) in [5.74, 6) is 0.910. The maximum Gasteiger partial charge on any atom is 0.336 e. The van der Waals surface area contributed by atoms with E-state index in [0.29, 0.717) is 23.9 Å². The Morgan fingerprint density at radius 2 is 2.06 bits per heavy atom. The Kier molecular flexibility index (Phi) is 5.69. The van der Waals surface area contributed by atoms with Gasteiger partial charge >= 0.3 is 5.97 Å². The highest BCUT2D eigenvalue weighted by Crippen LogP contribution is 2.49. The molecule has 1 atom stereocenters. The highest BCUT2D eigenvalue weighted by Gasteiger charge is 2.50. The van der Waals surface area contributed by atoms with Gasteiger partial charge in [-0.25, -0.2) is 9.78 Å². The van der Waals surface area contributed by atoms with Crippen molar-refractivity contribution in [2.75, 3.05) is 19.8 Å². The molecule has 2 fully saturated rings. The molecule has 1 spiro atoms. The zero-order valence-electron chi connectivity index (χ0n) is 18.7. The van der Waals surface area contributed by atoms with Crippen LogP contribution < -0.4 is 0 Å². The standard InChI is InChI=1S/C23H28N6O4/c1-15-19(13-33-21(15)31)28-9-8-23(22(28)32)6-4-16(5-7-23)10-18(12-30)17-2-3-20(24-11-17)29-14-25-26-27-29/h2-3,11,14,16,18,30H,4-10,12-13H2,1H3/t16?,18-,23?/m1/s1. The fourth-order valence-electron chi connectivity index (χ4n) is 5.52.